The highest BCUT2D eigenvalue weighted by Gasteiger charge is 2.51. The SMILES string of the molecule is Cc1c(Br)cc2c(c1Br)OCC(C[NH+]1CCCCC1)(C[NH+]1CCCCC1)C2=O. The van der Waals surface area contributed by atoms with Gasteiger partial charge in [-0.25, -0.2) is 0 Å². The lowest BCUT2D eigenvalue weighted by Gasteiger charge is -2.41. The van der Waals surface area contributed by atoms with Crippen molar-refractivity contribution in [1.29, 1.82) is 0 Å². The topological polar surface area (TPSA) is 35.2 Å². The number of fused-ring (bicyclic) bond motifs is 1. The Morgan fingerprint density at radius 2 is 1.50 bits per heavy atom. The standard InChI is InChI=1S/C22H30Br2N2O2/c1-16-18(23)12-17-20(19(16)24)28-15-22(21(17)27,13-25-8-4-2-5-9-25)14-26-10-6-3-7-11-26/h12H,2-11,13-15H2,1H3/p+2. The number of nitrogens with one attached hydrogen (secondary N) is 2. The van der Waals surface area contributed by atoms with E-state index in [1.54, 1.807) is 9.80 Å². The average Bonchev–Trinajstić information content (AvgIpc) is 2.71. The Kier molecular flexibility index (Phi) is 6.50. The van der Waals surface area contributed by atoms with Crippen LogP contribution in [0.15, 0.2) is 15.0 Å². The molecule has 0 aromatic heterocycles. The largest absolute Gasteiger partial charge is 0.490 e. The fourth-order valence-corrected chi connectivity index (χ4v) is 6.54. The first-order chi connectivity index (χ1) is 13.5. The Hall–Kier alpha value is -0.430. The van der Waals surface area contributed by atoms with Gasteiger partial charge in [0.25, 0.3) is 0 Å². The van der Waals surface area contributed by atoms with Crippen molar-refractivity contribution in [3.63, 3.8) is 0 Å². The highest BCUT2D eigenvalue weighted by Crippen LogP contribution is 2.42. The van der Waals surface area contributed by atoms with Crippen LogP contribution in [-0.2, 0) is 0 Å². The molecule has 2 saturated heterocycles. The van der Waals surface area contributed by atoms with Crippen LogP contribution in [0.25, 0.3) is 0 Å². The molecule has 3 heterocycles. The molecule has 0 saturated carbocycles. The van der Waals surface area contributed by atoms with E-state index in [1.807, 2.05) is 13.0 Å². The number of benzene rings is 1. The molecule has 0 atom stereocenters. The van der Waals surface area contributed by atoms with Crippen molar-refractivity contribution in [2.24, 2.45) is 5.41 Å². The second kappa shape index (κ2) is 8.75. The molecule has 2 fully saturated rings. The molecular weight excluding hydrogens is 484 g/mol. The van der Waals surface area contributed by atoms with E-state index in [2.05, 4.69) is 31.9 Å². The van der Waals surface area contributed by atoms with E-state index in [-0.39, 0.29) is 0 Å². The smallest absolute Gasteiger partial charge is 0.187 e. The maximum atomic E-state index is 14.0. The van der Waals surface area contributed by atoms with Gasteiger partial charge in [-0.15, -0.1) is 0 Å². The van der Waals surface area contributed by atoms with Crippen LogP contribution in [-0.4, -0.2) is 51.7 Å². The minimum absolute atomic E-state index is 0.297. The van der Waals surface area contributed by atoms with Crippen molar-refractivity contribution in [2.75, 3.05) is 45.9 Å². The van der Waals surface area contributed by atoms with Crippen molar-refractivity contribution in [3.8, 4) is 5.75 Å². The van der Waals surface area contributed by atoms with Crippen molar-refractivity contribution in [1.82, 2.24) is 0 Å². The minimum atomic E-state index is -0.402. The first-order valence-corrected chi connectivity index (χ1v) is 12.4. The fourth-order valence-electron chi connectivity index (χ4n) is 5.30. The van der Waals surface area contributed by atoms with Crippen molar-refractivity contribution in [3.05, 3.63) is 26.1 Å². The lowest BCUT2D eigenvalue weighted by Crippen LogP contribution is -3.18. The van der Waals surface area contributed by atoms with Gasteiger partial charge in [-0.2, -0.15) is 0 Å². The molecule has 4 nitrogen and oxygen atoms in total. The number of halogens is 2. The molecule has 0 radical (unpaired) electrons. The zero-order chi connectivity index (χ0) is 19.7. The van der Waals surface area contributed by atoms with Crippen LogP contribution in [0.3, 0.4) is 0 Å². The number of piperidine rings is 2. The van der Waals surface area contributed by atoms with Crippen LogP contribution in [0.2, 0.25) is 0 Å². The molecule has 0 bridgehead atoms. The monoisotopic (exact) mass is 514 g/mol. The molecule has 0 spiro atoms. The number of quaternary nitrogens is 2. The van der Waals surface area contributed by atoms with E-state index in [0.717, 1.165) is 38.9 Å². The third-order valence-corrected chi connectivity index (χ3v) is 8.70. The molecular formula is C22H32Br2N2O2+2. The zero-order valence-corrected chi connectivity index (χ0v) is 20.0. The fraction of sp³-hybridized carbons (Fsp3) is 0.682. The van der Waals surface area contributed by atoms with Gasteiger partial charge in [0.15, 0.2) is 11.2 Å². The van der Waals surface area contributed by atoms with Crippen LogP contribution in [0.4, 0.5) is 0 Å². The summed E-state index contributed by atoms with van der Waals surface area (Å²) in [5, 5.41) is 0. The van der Waals surface area contributed by atoms with Gasteiger partial charge in [0, 0.05) is 4.47 Å². The lowest BCUT2D eigenvalue weighted by molar-refractivity contribution is -0.933. The number of ketones is 1. The van der Waals surface area contributed by atoms with Gasteiger partial charge in [0.1, 0.15) is 12.4 Å². The lowest BCUT2D eigenvalue weighted by atomic mass is 9.77. The predicted octanol–water partition coefficient (Wildman–Crippen LogP) is 2.22. The summed E-state index contributed by atoms with van der Waals surface area (Å²) < 4.78 is 8.23. The van der Waals surface area contributed by atoms with Crippen LogP contribution in [0.5, 0.6) is 5.75 Å². The maximum Gasteiger partial charge on any atom is 0.187 e. The van der Waals surface area contributed by atoms with Crippen LogP contribution >= 0.6 is 31.9 Å². The number of likely N-dealkylation sites (tertiary alicyclic amines) is 2. The average molecular weight is 516 g/mol. The third-order valence-electron chi connectivity index (χ3n) is 6.92. The molecule has 0 amide bonds. The Labute approximate surface area is 185 Å². The van der Waals surface area contributed by atoms with E-state index in [4.69, 9.17) is 4.74 Å². The van der Waals surface area contributed by atoms with Crippen molar-refractivity contribution >= 4 is 37.6 Å². The van der Waals surface area contributed by atoms with Crippen molar-refractivity contribution < 1.29 is 19.3 Å². The van der Waals surface area contributed by atoms with Gasteiger partial charge < -0.3 is 14.5 Å². The van der Waals surface area contributed by atoms with Crippen LogP contribution in [0, 0.1) is 12.3 Å². The van der Waals surface area contributed by atoms with Crippen LogP contribution < -0.4 is 14.5 Å². The number of ether oxygens (including phenoxy) is 1. The third kappa shape index (κ3) is 4.07. The van der Waals surface area contributed by atoms with Gasteiger partial charge in [0.05, 0.1) is 49.3 Å². The Morgan fingerprint density at radius 3 is 2.04 bits per heavy atom. The van der Waals surface area contributed by atoms with Crippen LogP contribution in [0.1, 0.15) is 54.4 Å². The molecule has 2 N–H and O–H groups in total. The molecule has 28 heavy (non-hydrogen) atoms. The summed E-state index contributed by atoms with van der Waals surface area (Å²) in [5.74, 6) is 1.04. The van der Waals surface area contributed by atoms with Gasteiger partial charge in [-0.3, -0.25) is 4.79 Å². The second-order valence-corrected chi connectivity index (χ2v) is 10.7. The van der Waals surface area contributed by atoms with Crippen molar-refractivity contribution in [2.45, 2.75) is 45.4 Å². The molecule has 6 heteroatoms. The summed E-state index contributed by atoms with van der Waals surface area (Å²) in [5.41, 5.74) is 1.44. The number of carbonyl (C=O) groups is 1. The summed E-state index contributed by atoms with van der Waals surface area (Å²) in [4.78, 5) is 17.1. The Bertz CT molecular complexity index is 721. The number of hydrogen-bond acceptors (Lipinski definition) is 2. The highest BCUT2D eigenvalue weighted by molar-refractivity contribution is 9.11. The number of carbonyl (C=O) groups excluding carboxylic acids is 1. The highest BCUT2D eigenvalue weighted by atomic mass is 79.9. The normalized spacial score (nSPS) is 23.3. The summed E-state index contributed by atoms with van der Waals surface area (Å²) in [6, 6.07) is 1.99. The molecule has 4 rings (SSSR count). The molecule has 0 unspecified atom stereocenters. The Balaban J connectivity index is 1.67. The van der Waals surface area contributed by atoms with E-state index in [0.29, 0.717) is 12.4 Å². The molecule has 1 aromatic rings. The van der Waals surface area contributed by atoms with E-state index < -0.39 is 5.41 Å². The van der Waals surface area contributed by atoms with E-state index >= 15 is 0 Å². The summed E-state index contributed by atoms with van der Waals surface area (Å²) in [6.07, 6.45) is 7.79. The number of Topliss-reactive ketones (excluding diaryl/α,β-unsaturated/α-hetero) is 1. The quantitative estimate of drug-likeness (QED) is 0.645. The molecule has 3 aliphatic heterocycles. The Morgan fingerprint density at radius 1 is 0.964 bits per heavy atom. The summed E-state index contributed by atoms with van der Waals surface area (Å²) >= 11 is 7.30. The number of hydrogen-bond donors (Lipinski definition) is 2. The zero-order valence-electron chi connectivity index (χ0n) is 16.8. The van der Waals surface area contributed by atoms with Gasteiger partial charge in [-0.05, 0) is 73.0 Å². The number of rotatable bonds is 4. The second-order valence-electron chi connectivity index (χ2n) is 9.05. The van der Waals surface area contributed by atoms with Gasteiger partial charge in [0.2, 0.25) is 0 Å². The molecule has 3 aliphatic rings. The molecule has 0 aliphatic carbocycles. The van der Waals surface area contributed by atoms with E-state index in [9.17, 15) is 4.79 Å². The van der Waals surface area contributed by atoms with Gasteiger partial charge >= 0.3 is 0 Å². The summed E-state index contributed by atoms with van der Waals surface area (Å²) in [6.45, 7) is 9.16. The molecule has 154 valence electrons. The first-order valence-electron chi connectivity index (χ1n) is 10.8. The molecule has 1 aromatic carbocycles. The predicted molar refractivity (Wildman–Crippen MR) is 118 cm³/mol. The maximum absolute atomic E-state index is 14.0. The first kappa shape index (κ1) is 20.8. The van der Waals surface area contributed by atoms with E-state index in [1.165, 1.54) is 64.7 Å². The van der Waals surface area contributed by atoms with Gasteiger partial charge in [-0.1, -0.05) is 15.9 Å². The minimum Gasteiger partial charge on any atom is -0.490 e. The summed E-state index contributed by atoms with van der Waals surface area (Å²) in [7, 11) is 0.